The Bertz CT molecular complexity index is 678. The van der Waals surface area contributed by atoms with Crippen molar-refractivity contribution < 1.29 is 23.7 Å². The molecule has 3 saturated heterocycles. The van der Waals surface area contributed by atoms with Crippen LogP contribution < -0.4 is 0 Å². The molecule has 25 heavy (non-hydrogen) atoms. The minimum Gasteiger partial charge on any atom is -0.459 e. The average Bonchev–Trinajstić information content (AvgIpc) is 2.89. The molecule has 6 atom stereocenters. The summed E-state index contributed by atoms with van der Waals surface area (Å²) in [6, 6.07) is 10.0. The summed E-state index contributed by atoms with van der Waals surface area (Å²) in [6.45, 7) is 6.08. The van der Waals surface area contributed by atoms with Gasteiger partial charge in [-0.3, -0.25) is 4.79 Å². The Balaban J connectivity index is 1.58. The van der Waals surface area contributed by atoms with Crippen molar-refractivity contribution in [2.24, 2.45) is 11.8 Å². The van der Waals surface area contributed by atoms with Gasteiger partial charge >= 0.3 is 5.97 Å². The van der Waals surface area contributed by atoms with Crippen LogP contribution in [0.25, 0.3) is 0 Å². The third-order valence-corrected chi connectivity index (χ3v) is 6.63. The zero-order valence-electron chi connectivity index (χ0n) is 14.0. The molecule has 0 radical (unpaired) electrons. The fraction of sp³-hybridized carbons (Fsp3) is 0.526. The van der Waals surface area contributed by atoms with Gasteiger partial charge in [0.25, 0.3) is 0 Å². The second kappa shape index (κ2) is 6.64. The predicted molar refractivity (Wildman–Crippen MR) is 98.9 cm³/mol. The summed E-state index contributed by atoms with van der Waals surface area (Å²) in [7, 11) is 0. The molecule has 1 saturated carbocycles. The lowest BCUT2D eigenvalue weighted by Gasteiger charge is -2.53. The smallest absolute Gasteiger partial charge is 0.303 e. The molecule has 5 rings (SSSR count). The fourth-order valence-electron chi connectivity index (χ4n) is 4.31. The molecule has 3 heterocycles. The van der Waals surface area contributed by atoms with E-state index in [1.165, 1.54) is 6.92 Å². The van der Waals surface area contributed by atoms with Crippen LogP contribution in [0.4, 0.5) is 0 Å². The second-order valence-corrected chi connectivity index (χ2v) is 7.64. The third-order valence-electron chi connectivity index (χ3n) is 5.44. The molecule has 0 aromatic heterocycles. The van der Waals surface area contributed by atoms with Crippen LogP contribution in [0.1, 0.15) is 18.9 Å². The van der Waals surface area contributed by atoms with Crippen LogP contribution in [-0.2, 0) is 30.3 Å². The molecule has 5 nitrogen and oxygen atoms in total. The quantitative estimate of drug-likeness (QED) is 0.295. The molecule has 0 spiro atoms. The van der Waals surface area contributed by atoms with E-state index in [4.69, 9.17) is 18.9 Å². The van der Waals surface area contributed by atoms with Crippen molar-refractivity contribution >= 4 is 28.6 Å². The number of halogens is 1. The number of benzene rings is 1. The Hall–Kier alpha value is -0.960. The zero-order valence-corrected chi connectivity index (χ0v) is 16.2. The Morgan fingerprint density at radius 1 is 1.40 bits per heavy atom. The van der Waals surface area contributed by atoms with Gasteiger partial charge in [0.2, 0.25) is 0 Å². The van der Waals surface area contributed by atoms with Gasteiger partial charge in [0.15, 0.2) is 12.6 Å². The maximum atomic E-state index is 11.6. The van der Waals surface area contributed by atoms with Gasteiger partial charge in [-0.25, -0.2) is 0 Å². The number of alkyl halides is 1. The van der Waals surface area contributed by atoms with Crippen LogP contribution in [0.3, 0.4) is 0 Å². The molecule has 1 aromatic rings. The number of fused-ring (bicyclic) bond motifs is 1. The molecular formula is C19H21IO5. The number of hydrogen-bond acceptors (Lipinski definition) is 5. The Kier molecular flexibility index (Phi) is 4.64. The van der Waals surface area contributed by atoms with E-state index >= 15 is 0 Å². The Labute approximate surface area is 160 Å². The fourth-order valence-corrected chi connectivity index (χ4v) is 5.49. The van der Waals surface area contributed by atoms with Gasteiger partial charge in [-0.2, -0.15) is 0 Å². The van der Waals surface area contributed by atoms with E-state index in [9.17, 15) is 4.79 Å². The van der Waals surface area contributed by atoms with E-state index in [-0.39, 0.29) is 30.2 Å². The molecule has 0 amide bonds. The first-order chi connectivity index (χ1) is 12.0. The van der Waals surface area contributed by atoms with E-state index in [1.54, 1.807) is 0 Å². The lowest BCUT2D eigenvalue weighted by atomic mass is 9.77. The van der Waals surface area contributed by atoms with Crippen LogP contribution in [-0.4, -0.2) is 34.7 Å². The van der Waals surface area contributed by atoms with Crippen molar-refractivity contribution in [3.63, 3.8) is 0 Å². The van der Waals surface area contributed by atoms with E-state index in [0.29, 0.717) is 11.0 Å². The van der Waals surface area contributed by atoms with Crippen molar-refractivity contribution in [2.45, 2.75) is 44.2 Å². The Morgan fingerprint density at radius 3 is 2.84 bits per heavy atom. The second-order valence-electron chi connectivity index (χ2n) is 6.88. The van der Waals surface area contributed by atoms with Gasteiger partial charge in [-0.1, -0.05) is 59.5 Å². The molecule has 1 aliphatic carbocycles. The van der Waals surface area contributed by atoms with E-state index in [2.05, 4.69) is 29.2 Å². The zero-order chi connectivity index (χ0) is 17.6. The van der Waals surface area contributed by atoms with Gasteiger partial charge in [0.05, 0.1) is 12.5 Å². The van der Waals surface area contributed by atoms with E-state index in [0.717, 1.165) is 17.6 Å². The summed E-state index contributed by atoms with van der Waals surface area (Å²) in [4.78, 5) is 11.6. The molecule has 4 bridgehead atoms. The van der Waals surface area contributed by atoms with Crippen molar-refractivity contribution in [2.75, 3.05) is 4.43 Å². The summed E-state index contributed by atoms with van der Waals surface area (Å²) in [5, 5.41) is 0. The van der Waals surface area contributed by atoms with Gasteiger partial charge in [-0.05, 0) is 23.5 Å². The highest BCUT2D eigenvalue weighted by atomic mass is 127. The highest BCUT2D eigenvalue weighted by Gasteiger charge is 2.69. The number of hydrogen-bond donors (Lipinski definition) is 0. The first kappa shape index (κ1) is 17.5. The summed E-state index contributed by atoms with van der Waals surface area (Å²) in [6.07, 6.45) is -0.446. The highest BCUT2D eigenvalue weighted by molar-refractivity contribution is 14.1. The monoisotopic (exact) mass is 456 g/mol. The number of carbonyl (C=O) groups excluding carboxylic acids is 1. The largest absolute Gasteiger partial charge is 0.459 e. The first-order valence-electron chi connectivity index (χ1n) is 8.46. The first-order valence-corrected chi connectivity index (χ1v) is 9.98. The minimum absolute atomic E-state index is 0.0186. The molecule has 0 unspecified atom stereocenters. The van der Waals surface area contributed by atoms with E-state index < -0.39 is 11.9 Å². The SMILES string of the molecule is C=C1[C@H]2O[C@@H](OCc3ccccc3)[C@H]3[C@H]1C[C@H](OC(C)=O)[C@@]3(CI)O2. The normalized spacial score (nSPS) is 38.8. The number of rotatable bonds is 5. The minimum atomic E-state index is -0.567. The number of esters is 1. The maximum Gasteiger partial charge on any atom is 0.303 e. The summed E-state index contributed by atoms with van der Waals surface area (Å²) in [5.41, 5.74) is 1.46. The molecule has 6 heteroatoms. The van der Waals surface area contributed by atoms with Gasteiger partial charge in [0, 0.05) is 11.4 Å². The highest BCUT2D eigenvalue weighted by Crippen LogP contribution is 2.59. The topological polar surface area (TPSA) is 54.0 Å². The molecular weight excluding hydrogens is 435 g/mol. The van der Waals surface area contributed by atoms with Crippen LogP contribution in [0.2, 0.25) is 0 Å². The van der Waals surface area contributed by atoms with Crippen LogP contribution >= 0.6 is 22.6 Å². The van der Waals surface area contributed by atoms with Gasteiger partial charge in [-0.15, -0.1) is 0 Å². The van der Waals surface area contributed by atoms with Crippen LogP contribution in [0, 0.1) is 11.8 Å². The molecule has 1 aromatic carbocycles. The van der Waals surface area contributed by atoms with Gasteiger partial charge < -0.3 is 18.9 Å². The van der Waals surface area contributed by atoms with Crippen LogP contribution in [0.5, 0.6) is 0 Å². The van der Waals surface area contributed by atoms with Crippen molar-refractivity contribution in [3.8, 4) is 0 Å². The lowest BCUT2D eigenvalue weighted by molar-refractivity contribution is -0.374. The predicted octanol–water partition coefficient (Wildman–Crippen LogP) is 3.21. The third kappa shape index (κ3) is 2.83. The molecule has 134 valence electrons. The molecule has 4 fully saturated rings. The average molecular weight is 456 g/mol. The van der Waals surface area contributed by atoms with Crippen molar-refractivity contribution in [1.29, 1.82) is 0 Å². The summed E-state index contributed by atoms with van der Waals surface area (Å²) < 4.78 is 24.7. The number of ether oxygens (including phenoxy) is 4. The summed E-state index contributed by atoms with van der Waals surface area (Å²) >= 11 is 2.31. The number of carbonyl (C=O) groups is 1. The van der Waals surface area contributed by atoms with Crippen molar-refractivity contribution in [1.82, 2.24) is 0 Å². The van der Waals surface area contributed by atoms with Gasteiger partial charge in [0.1, 0.15) is 11.7 Å². The van der Waals surface area contributed by atoms with E-state index in [1.807, 2.05) is 30.3 Å². The molecule has 3 aliphatic heterocycles. The van der Waals surface area contributed by atoms with Crippen molar-refractivity contribution in [3.05, 3.63) is 48.0 Å². The standard InChI is InChI=1S/C19H21IO5/c1-11-14-8-15(23-12(2)21)19(10-20)16(14)18(24-17(11)25-19)22-9-13-6-4-3-5-7-13/h3-7,14-18H,1,8-10H2,2H3/t14-,15-,16+,17-,18+,19+/m0/s1. The Morgan fingerprint density at radius 2 is 2.16 bits per heavy atom. The van der Waals surface area contributed by atoms with Crippen LogP contribution in [0.15, 0.2) is 42.5 Å². The lowest BCUT2D eigenvalue weighted by Crippen LogP contribution is -2.64. The summed E-state index contributed by atoms with van der Waals surface area (Å²) in [5.74, 6) is -0.114. The molecule has 4 aliphatic rings. The molecule has 0 N–H and O–H groups in total. The maximum absolute atomic E-state index is 11.6.